The first-order valence-corrected chi connectivity index (χ1v) is 8.39. The summed E-state index contributed by atoms with van der Waals surface area (Å²) in [5, 5.41) is 1.79. The number of esters is 1. The van der Waals surface area contributed by atoms with Crippen molar-refractivity contribution in [2.75, 3.05) is 0 Å². The molecule has 1 aromatic heterocycles. The van der Waals surface area contributed by atoms with Gasteiger partial charge in [-0.05, 0) is 30.3 Å². The van der Waals surface area contributed by atoms with Gasteiger partial charge in [0.05, 0.1) is 5.02 Å². The predicted octanol–water partition coefficient (Wildman–Crippen LogP) is 6.36. The molecule has 0 N–H and O–H groups in total. The summed E-state index contributed by atoms with van der Waals surface area (Å²) in [6.07, 6.45) is 0. The van der Waals surface area contributed by atoms with Crippen LogP contribution in [-0.2, 0) is 11.3 Å². The Morgan fingerprint density at radius 2 is 1.91 bits per heavy atom. The third-order valence-electron chi connectivity index (χ3n) is 3.15. The lowest BCUT2D eigenvalue weighted by atomic mass is 10.2. The number of fused-ring (bicyclic) bond motifs is 1. The minimum Gasteiger partial charge on any atom is -0.457 e. The van der Waals surface area contributed by atoms with E-state index in [1.54, 1.807) is 18.2 Å². The van der Waals surface area contributed by atoms with Crippen molar-refractivity contribution in [1.29, 1.82) is 0 Å². The second-order valence-electron chi connectivity index (χ2n) is 4.70. The average molecular weight is 390 g/mol. The van der Waals surface area contributed by atoms with Gasteiger partial charge in [0.15, 0.2) is 0 Å². The SMILES string of the molecule is O=C(OCc1ccc(Cl)cc1Cl)c1sc2cc(F)ccc2c1Cl. The van der Waals surface area contributed by atoms with Crippen molar-refractivity contribution in [3.05, 3.63) is 67.7 Å². The van der Waals surface area contributed by atoms with Gasteiger partial charge in [0.1, 0.15) is 17.3 Å². The van der Waals surface area contributed by atoms with Gasteiger partial charge in [0.25, 0.3) is 0 Å². The molecule has 23 heavy (non-hydrogen) atoms. The summed E-state index contributed by atoms with van der Waals surface area (Å²) in [5.41, 5.74) is 0.632. The molecule has 0 bridgehead atoms. The molecule has 0 aliphatic carbocycles. The maximum Gasteiger partial charge on any atom is 0.350 e. The van der Waals surface area contributed by atoms with E-state index in [0.29, 0.717) is 25.7 Å². The lowest BCUT2D eigenvalue weighted by Gasteiger charge is -2.06. The van der Waals surface area contributed by atoms with Crippen molar-refractivity contribution in [3.8, 4) is 0 Å². The van der Waals surface area contributed by atoms with Crippen LogP contribution in [0.15, 0.2) is 36.4 Å². The minimum atomic E-state index is -0.581. The van der Waals surface area contributed by atoms with Crippen LogP contribution in [-0.4, -0.2) is 5.97 Å². The molecule has 0 unspecified atom stereocenters. The van der Waals surface area contributed by atoms with Crippen molar-refractivity contribution >= 4 is 62.2 Å². The minimum absolute atomic E-state index is 0.00618. The topological polar surface area (TPSA) is 26.3 Å². The smallest absolute Gasteiger partial charge is 0.350 e. The summed E-state index contributed by atoms with van der Waals surface area (Å²) in [7, 11) is 0. The molecule has 0 fully saturated rings. The Balaban J connectivity index is 1.82. The Morgan fingerprint density at radius 1 is 1.13 bits per heavy atom. The van der Waals surface area contributed by atoms with Crippen LogP contribution < -0.4 is 0 Å². The number of halogens is 4. The quantitative estimate of drug-likeness (QED) is 0.487. The first kappa shape index (κ1) is 16.5. The summed E-state index contributed by atoms with van der Waals surface area (Å²) < 4.78 is 19.1. The number of benzene rings is 2. The summed E-state index contributed by atoms with van der Waals surface area (Å²) in [4.78, 5) is 12.4. The summed E-state index contributed by atoms with van der Waals surface area (Å²) in [5.74, 6) is -0.967. The van der Waals surface area contributed by atoms with Gasteiger partial charge in [-0.2, -0.15) is 0 Å². The Labute approximate surface area is 150 Å². The Morgan fingerprint density at radius 3 is 2.65 bits per heavy atom. The van der Waals surface area contributed by atoms with Crippen LogP contribution in [0.4, 0.5) is 4.39 Å². The van der Waals surface area contributed by atoms with E-state index in [1.807, 2.05) is 0 Å². The molecule has 0 saturated carbocycles. The predicted molar refractivity (Wildman–Crippen MR) is 92.4 cm³/mol. The average Bonchev–Trinajstić information content (AvgIpc) is 2.82. The van der Waals surface area contributed by atoms with Crippen LogP contribution in [0.2, 0.25) is 15.1 Å². The standard InChI is InChI=1S/C16H8Cl3FO2S/c17-9-2-1-8(12(18)5-9)7-22-16(21)15-14(19)11-4-3-10(20)6-13(11)23-15/h1-6H,7H2. The van der Waals surface area contributed by atoms with Crippen molar-refractivity contribution in [2.45, 2.75) is 6.61 Å². The number of thiophene rings is 1. The molecular formula is C16H8Cl3FO2S. The number of rotatable bonds is 3. The molecule has 0 saturated heterocycles. The van der Waals surface area contributed by atoms with Crippen LogP contribution in [0.3, 0.4) is 0 Å². The highest BCUT2D eigenvalue weighted by molar-refractivity contribution is 7.21. The van der Waals surface area contributed by atoms with Crippen molar-refractivity contribution in [1.82, 2.24) is 0 Å². The van der Waals surface area contributed by atoms with Crippen LogP contribution in [0.5, 0.6) is 0 Å². The normalized spacial score (nSPS) is 11.0. The van der Waals surface area contributed by atoms with E-state index in [0.717, 1.165) is 11.3 Å². The van der Waals surface area contributed by atoms with Gasteiger partial charge in [-0.25, -0.2) is 9.18 Å². The molecule has 0 amide bonds. The fourth-order valence-electron chi connectivity index (χ4n) is 2.02. The van der Waals surface area contributed by atoms with E-state index < -0.39 is 5.97 Å². The molecule has 3 rings (SSSR count). The molecule has 7 heteroatoms. The van der Waals surface area contributed by atoms with Gasteiger partial charge in [0.2, 0.25) is 0 Å². The second kappa shape index (κ2) is 6.65. The van der Waals surface area contributed by atoms with Crippen LogP contribution in [0, 0.1) is 5.82 Å². The molecule has 1 heterocycles. The largest absolute Gasteiger partial charge is 0.457 e. The molecule has 2 nitrogen and oxygen atoms in total. The zero-order chi connectivity index (χ0) is 16.6. The van der Waals surface area contributed by atoms with Crippen molar-refractivity contribution in [3.63, 3.8) is 0 Å². The first-order valence-electron chi connectivity index (χ1n) is 6.44. The van der Waals surface area contributed by atoms with Gasteiger partial charge in [-0.15, -0.1) is 11.3 Å². The summed E-state index contributed by atoms with van der Waals surface area (Å²) >= 11 is 19.1. The Hall–Kier alpha value is -1.33. The molecule has 0 atom stereocenters. The first-order chi connectivity index (χ1) is 11.0. The van der Waals surface area contributed by atoms with E-state index in [1.165, 1.54) is 18.2 Å². The van der Waals surface area contributed by atoms with Gasteiger partial charge >= 0.3 is 5.97 Å². The molecule has 0 aliphatic heterocycles. The maximum atomic E-state index is 13.2. The van der Waals surface area contributed by atoms with E-state index in [-0.39, 0.29) is 22.3 Å². The molecule has 0 radical (unpaired) electrons. The van der Waals surface area contributed by atoms with Crippen LogP contribution in [0.1, 0.15) is 15.2 Å². The fraction of sp³-hybridized carbons (Fsp3) is 0.0625. The van der Waals surface area contributed by atoms with Gasteiger partial charge in [-0.1, -0.05) is 40.9 Å². The Bertz CT molecular complexity index is 908. The van der Waals surface area contributed by atoms with Crippen molar-refractivity contribution < 1.29 is 13.9 Å². The highest BCUT2D eigenvalue weighted by Gasteiger charge is 2.19. The third-order valence-corrected chi connectivity index (χ3v) is 5.37. The molecule has 118 valence electrons. The highest BCUT2D eigenvalue weighted by Crippen LogP contribution is 2.36. The van der Waals surface area contributed by atoms with Crippen LogP contribution >= 0.6 is 46.1 Å². The monoisotopic (exact) mass is 388 g/mol. The number of carbonyl (C=O) groups is 1. The van der Waals surface area contributed by atoms with Gasteiger partial charge in [-0.3, -0.25) is 0 Å². The lowest BCUT2D eigenvalue weighted by Crippen LogP contribution is -2.04. The van der Waals surface area contributed by atoms with E-state index >= 15 is 0 Å². The highest BCUT2D eigenvalue weighted by atomic mass is 35.5. The molecule has 0 spiro atoms. The zero-order valence-corrected chi connectivity index (χ0v) is 14.5. The number of carbonyl (C=O) groups excluding carboxylic acids is 1. The lowest BCUT2D eigenvalue weighted by molar-refractivity contribution is 0.0479. The van der Waals surface area contributed by atoms with Gasteiger partial charge < -0.3 is 4.74 Å². The third kappa shape index (κ3) is 3.45. The Kier molecular flexibility index (Phi) is 4.78. The molecule has 2 aromatic carbocycles. The molecular weight excluding hydrogens is 382 g/mol. The van der Waals surface area contributed by atoms with Crippen molar-refractivity contribution in [2.24, 2.45) is 0 Å². The number of ether oxygens (including phenoxy) is 1. The van der Waals surface area contributed by atoms with E-state index in [4.69, 9.17) is 39.5 Å². The van der Waals surface area contributed by atoms with E-state index in [9.17, 15) is 9.18 Å². The zero-order valence-electron chi connectivity index (χ0n) is 11.4. The van der Waals surface area contributed by atoms with E-state index in [2.05, 4.69) is 0 Å². The number of hydrogen-bond donors (Lipinski definition) is 0. The maximum absolute atomic E-state index is 13.2. The fourth-order valence-corrected chi connectivity index (χ4v) is 3.91. The summed E-state index contributed by atoms with van der Waals surface area (Å²) in [6.45, 7) is -0.00618. The number of hydrogen-bond acceptors (Lipinski definition) is 3. The second-order valence-corrected chi connectivity index (χ2v) is 6.97. The van der Waals surface area contributed by atoms with Crippen LogP contribution in [0.25, 0.3) is 10.1 Å². The van der Waals surface area contributed by atoms with Gasteiger partial charge in [0, 0.05) is 25.7 Å². The summed E-state index contributed by atoms with van der Waals surface area (Å²) in [6, 6.07) is 9.08. The molecule has 3 aromatic rings. The molecule has 0 aliphatic rings.